The highest BCUT2D eigenvalue weighted by molar-refractivity contribution is 7.17. The summed E-state index contributed by atoms with van der Waals surface area (Å²) < 4.78 is 21.7. The van der Waals surface area contributed by atoms with Crippen molar-refractivity contribution in [1.29, 1.82) is 0 Å². The lowest BCUT2D eigenvalue weighted by Gasteiger charge is -2.13. The molecule has 0 aliphatic heterocycles. The molecular weight excluding hydrogens is 421 g/mol. The van der Waals surface area contributed by atoms with E-state index >= 15 is 0 Å². The van der Waals surface area contributed by atoms with E-state index in [1.54, 1.807) is 41.8 Å². The Hall–Kier alpha value is -3.72. The Balaban J connectivity index is 1.72. The molecule has 0 aliphatic carbocycles. The monoisotopic (exact) mass is 439 g/mol. The van der Waals surface area contributed by atoms with Crippen LogP contribution in [0, 0.1) is 5.82 Å². The third-order valence-electron chi connectivity index (χ3n) is 4.76. The molecular formula is C22H18FN3O4S. The molecule has 4 aromatic rings. The Morgan fingerprint density at radius 2 is 1.90 bits per heavy atom. The molecule has 1 N–H and O–H groups in total. The van der Waals surface area contributed by atoms with Gasteiger partial charge in [-0.3, -0.25) is 18.7 Å². The summed E-state index contributed by atoms with van der Waals surface area (Å²) in [5.41, 5.74) is 0.0418. The maximum absolute atomic E-state index is 13.9. The Kier molecular flexibility index (Phi) is 5.68. The number of amides is 1. The molecule has 0 unspecified atom stereocenters. The largest absolute Gasteiger partial charge is 0.497 e. The first-order valence-corrected chi connectivity index (χ1v) is 10.2. The summed E-state index contributed by atoms with van der Waals surface area (Å²) in [4.78, 5) is 38.6. The van der Waals surface area contributed by atoms with Gasteiger partial charge in [0.15, 0.2) is 0 Å². The zero-order valence-corrected chi connectivity index (χ0v) is 17.3. The van der Waals surface area contributed by atoms with E-state index in [0.717, 1.165) is 4.57 Å². The van der Waals surface area contributed by atoms with Crippen molar-refractivity contribution in [3.8, 4) is 5.75 Å². The van der Waals surface area contributed by atoms with E-state index in [1.165, 1.54) is 41.2 Å². The standard InChI is InChI=1S/C22H18FN3O4S/c1-30-15-6-4-5-14(11-15)12-26-21(28)20-18(9-10-31-20)25(22(26)29)13-19(27)24-17-8-3-2-7-16(17)23/h2-11H,12-13H2,1H3,(H,24,27). The SMILES string of the molecule is COc1cccc(Cn2c(=O)c3sccc3n(CC(=O)Nc3ccccc3F)c2=O)c1. The van der Waals surface area contributed by atoms with E-state index in [4.69, 9.17) is 4.74 Å². The van der Waals surface area contributed by atoms with Gasteiger partial charge in [0.2, 0.25) is 5.91 Å². The number of hydrogen-bond donors (Lipinski definition) is 1. The summed E-state index contributed by atoms with van der Waals surface area (Å²) in [6.45, 7) is -0.337. The van der Waals surface area contributed by atoms with Crippen LogP contribution in [0.1, 0.15) is 5.56 Å². The van der Waals surface area contributed by atoms with Crippen molar-refractivity contribution in [3.63, 3.8) is 0 Å². The van der Waals surface area contributed by atoms with E-state index < -0.39 is 23.0 Å². The zero-order valence-electron chi connectivity index (χ0n) is 16.5. The van der Waals surface area contributed by atoms with Gasteiger partial charge in [0.25, 0.3) is 5.56 Å². The van der Waals surface area contributed by atoms with Gasteiger partial charge in [0.05, 0.1) is 24.9 Å². The quantitative estimate of drug-likeness (QED) is 0.501. The maximum atomic E-state index is 13.9. The molecule has 2 heterocycles. The number of benzene rings is 2. The second-order valence-corrected chi connectivity index (χ2v) is 7.69. The minimum Gasteiger partial charge on any atom is -0.497 e. The van der Waals surface area contributed by atoms with Crippen LogP contribution in [0.4, 0.5) is 10.1 Å². The molecule has 1 amide bonds. The van der Waals surface area contributed by atoms with Crippen LogP contribution in [-0.2, 0) is 17.9 Å². The van der Waals surface area contributed by atoms with Crippen LogP contribution in [0.3, 0.4) is 0 Å². The lowest BCUT2D eigenvalue weighted by atomic mass is 10.2. The first-order chi connectivity index (χ1) is 15.0. The van der Waals surface area contributed by atoms with Gasteiger partial charge in [-0.25, -0.2) is 9.18 Å². The number of fused-ring (bicyclic) bond motifs is 1. The molecule has 0 radical (unpaired) electrons. The van der Waals surface area contributed by atoms with Gasteiger partial charge in [-0.15, -0.1) is 11.3 Å². The van der Waals surface area contributed by atoms with Crippen molar-refractivity contribution in [2.75, 3.05) is 12.4 Å². The zero-order chi connectivity index (χ0) is 22.0. The van der Waals surface area contributed by atoms with Crippen LogP contribution in [-0.4, -0.2) is 22.2 Å². The number of carbonyl (C=O) groups excluding carboxylic acids is 1. The summed E-state index contributed by atoms with van der Waals surface area (Å²) >= 11 is 1.19. The third-order valence-corrected chi connectivity index (χ3v) is 5.65. The molecule has 0 saturated heterocycles. The number of nitrogens with zero attached hydrogens (tertiary/aromatic N) is 2. The molecule has 0 fully saturated rings. The predicted molar refractivity (Wildman–Crippen MR) is 117 cm³/mol. The lowest BCUT2D eigenvalue weighted by Crippen LogP contribution is -2.41. The number of hydrogen-bond acceptors (Lipinski definition) is 5. The minimum atomic E-state index is -0.623. The van der Waals surface area contributed by atoms with Gasteiger partial charge >= 0.3 is 5.69 Å². The molecule has 2 aromatic carbocycles. The number of para-hydroxylation sites is 1. The van der Waals surface area contributed by atoms with E-state index in [0.29, 0.717) is 21.5 Å². The second kappa shape index (κ2) is 8.57. The number of aromatic nitrogens is 2. The molecule has 0 bridgehead atoms. The first kappa shape index (κ1) is 20.5. The summed E-state index contributed by atoms with van der Waals surface area (Å²) in [5, 5.41) is 4.15. The second-order valence-electron chi connectivity index (χ2n) is 6.77. The molecule has 0 saturated carbocycles. The van der Waals surface area contributed by atoms with E-state index in [2.05, 4.69) is 5.32 Å². The average Bonchev–Trinajstić information content (AvgIpc) is 3.26. The molecule has 9 heteroatoms. The van der Waals surface area contributed by atoms with Gasteiger partial charge in [-0.2, -0.15) is 0 Å². The average molecular weight is 439 g/mol. The predicted octanol–water partition coefficient (Wildman–Crippen LogP) is 3.06. The first-order valence-electron chi connectivity index (χ1n) is 9.36. The summed E-state index contributed by atoms with van der Waals surface area (Å²) in [5.74, 6) is -0.550. The van der Waals surface area contributed by atoms with Crippen LogP contribution in [0.2, 0.25) is 0 Å². The van der Waals surface area contributed by atoms with Crippen molar-refractivity contribution in [1.82, 2.24) is 9.13 Å². The van der Waals surface area contributed by atoms with Crippen molar-refractivity contribution in [3.05, 3.63) is 92.2 Å². The molecule has 158 valence electrons. The number of anilines is 1. The van der Waals surface area contributed by atoms with Crippen molar-refractivity contribution < 1.29 is 13.9 Å². The Morgan fingerprint density at radius 3 is 2.68 bits per heavy atom. The van der Waals surface area contributed by atoms with Crippen LogP contribution in [0.5, 0.6) is 5.75 Å². The lowest BCUT2D eigenvalue weighted by molar-refractivity contribution is -0.116. The minimum absolute atomic E-state index is 0.0202. The normalized spacial score (nSPS) is 10.9. The fourth-order valence-corrected chi connectivity index (χ4v) is 4.12. The van der Waals surface area contributed by atoms with Gasteiger partial charge in [0.1, 0.15) is 22.8 Å². The molecule has 2 aromatic heterocycles. The third kappa shape index (κ3) is 4.13. The van der Waals surface area contributed by atoms with E-state index in [-0.39, 0.29) is 18.8 Å². The molecule has 7 nitrogen and oxygen atoms in total. The topological polar surface area (TPSA) is 82.3 Å². The fraction of sp³-hybridized carbons (Fsp3) is 0.136. The van der Waals surface area contributed by atoms with E-state index in [1.807, 2.05) is 0 Å². The Labute approximate surface area is 180 Å². The summed E-state index contributed by atoms with van der Waals surface area (Å²) in [7, 11) is 1.53. The maximum Gasteiger partial charge on any atom is 0.332 e. The van der Waals surface area contributed by atoms with Crippen LogP contribution in [0.15, 0.2) is 69.6 Å². The Morgan fingerprint density at radius 1 is 1.10 bits per heavy atom. The van der Waals surface area contributed by atoms with Gasteiger partial charge < -0.3 is 10.1 Å². The number of rotatable bonds is 6. The van der Waals surface area contributed by atoms with Crippen LogP contribution >= 0.6 is 11.3 Å². The fourth-order valence-electron chi connectivity index (χ4n) is 3.27. The highest BCUT2D eigenvalue weighted by Gasteiger charge is 2.17. The molecule has 4 rings (SSSR count). The van der Waals surface area contributed by atoms with Gasteiger partial charge in [-0.05, 0) is 41.3 Å². The number of thiophene rings is 1. The number of halogens is 1. The number of ether oxygens (including phenoxy) is 1. The van der Waals surface area contributed by atoms with Crippen molar-refractivity contribution >= 4 is 33.1 Å². The summed E-state index contributed by atoms with van der Waals surface area (Å²) in [6, 6.07) is 14.4. The highest BCUT2D eigenvalue weighted by Crippen LogP contribution is 2.17. The van der Waals surface area contributed by atoms with Crippen molar-refractivity contribution in [2.45, 2.75) is 13.1 Å². The van der Waals surface area contributed by atoms with E-state index in [9.17, 15) is 18.8 Å². The van der Waals surface area contributed by atoms with Gasteiger partial charge in [0, 0.05) is 0 Å². The number of methoxy groups -OCH3 is 1. The molecule has 31 heavy (non-hydrogen) atoms. The summed E-state index contributed by atoms with van der Waals surface area (Å²) in [6.07, 6.45) is 0. The Bertz CT molecular complexity index is 1390. The molecule has 0 atom stereocenters. The highest BCUT2D eigenvalue weighted by atomic mass is 32.1. The smallest absolute Gasteiger partial charge is 0.332 e. The molecule has 0 spiro atoms. The number of nitrogens with one attached hydrogen (secondary N) is 1. The van der Waals surface area contributed by atoms with Gasteiger partial charge in [-0.1, -0.05) is 24.3 Å². The van der Waals surface area contributed by atoms with Crippen LogP contribution < -0.4 is 21.3 Å². The van der Waals surface area contributed by atoms with Crippen molar-refractivity contribution in [2.24, 2.45) is 0 Å². The number of carbonyl (C=O) groups is 1. The molecule has 0 aliphatic rings. The van der Waals surface area contributed by atoms with Crippen LogP contribution in [0.25, 0.3) is 10.2 Å².